The summed E-state index contributed by atoms with van der Waals surface area (Å²) in [6.45, 7) is 3.90. The van der Waals surface area contributed by atoms with Crippen LogP contribution in [0.3, 0.4) is 0 Å². The molecule has 2 rings (SSSR count). The van der Waals surface area contributed by atoms with E-state index in [1.165, 1.54) is 0 Å². The molecule has 78 valence electrons. The van der Waals surface area contributed by atoms with Gasteiger partial charge in [-0.2, -0.15) is 0 Å². The molecule has 1 aromatic carbocycles. The molecule has 0 saturated heterocycles. The largest absolute Gasteiger partial charge is 0.297 e. The predicted molar refractivity (Wildman–Crippen MR) is 60.2 cm³/mol. The Labute approximate surface area is 88.8 Å². The summed E-state index contributed by atoms with van der Waals surface area (Å²) in [5, 5.41) is 1.11. The molecule has 1 heterocycles. The minimum absolute atomic E-state index is 0.0873. The average Bonchev–Trinajstić information content (AvgIpc) is 2.27. The highest BCUT2D eigenvalue weighted by Gasteiger charge is 2.05. The number of aryl methyl sites for hydroxylation is 1. The van der Waals surface area contributed by atoms with Gasteiger partial charge < -0.3 is 0 Å². The normalized spacial score (nSPS) is 13.0. The van der Waals surface area contributed by atoms with Crippen LogP contribution in [0, 0.1) is 6.92 Å². The van der Waals surface area contributed by atoms with Crippen molar-refractivity contribution in [2.45, 2.75) is 20.0 Å². The Hall–Kier alpha value is -1.45. The summed E-state index contributed by atoms with van der Waals surface area (Å²) in [7, 11) is 0. The standard InChI is InChI=1S/C12H14N2O/c1-8-3-4-11-7-10(9(2)15-13)5-6-12(11)14-8/h3-7,9H,13H2,1-2H3. The zero-order chi connectivity index (χ0) is 10.8. The van der Waals surface area contributed by atoms with E-state index in [0.29, 0.717) is 0 Å². The zero-order valence-corrected chi connectivity index (χ0v) is 8.90. The van der Waals surface area contributed by atoms with Crippen molar-refractivity contribution in [3.05, 3.63) is 41.6 Å². The Balaban J connectivity index is 2.52. The van der Waals surface area contributed by atoms with E-state index in [2.05, 4.69) is 17.1 Å². The van der Waals surface area contributed by atoms with Gasteiger partial charge in [-0.1, -0.05) is 12.1 Å². The molecular formula is C12H14N2O. The molecule has 1 unspecified atom stereocenters. The van der Waals surface area contributed by atoms with Gasteiger partial charge in [0.2, 0.25) is 0 Å². The predicted octanol–water partition coefficient (Wildman–Crippen LogP) is 2.49. The summed E-state index contributed by atoms with van der Waals surface area (Å²) >= 11 is 0. The van der Waals surface area contributed by atoms with Gasteiger partial charge in [-0.15, -0.1) is 0 Å². The molecule has 3 nitrogen and oxygen atoms in total. The number of aromatic nitrogens is 1. The first-order valence-corrected chi connectivity index (χ1v) is 4.93. The third-order valence-corrected chi connectivity index (χ3v) is 2.53. The molecule has 2 N–H and O–H groups in total. The van der Waals surface area contributed by atoms with Crippen LogP contribution in [-0.2, 0) is 4.84 Å². The summed E-state index contributed by atoms with van der Waals surface area (Å²) in [4.78, 5) is 9.22. The van der Waals surface area contributed by atoms with Crippen molar-refractivity contribution >= 4 is 10.9 Å². The van der Waals surface area contributed by atoms with Gasteiger partial charge in [0.25, 0.3) is 0 Å². The number of nitrogens with two attached hydrogens (primary N) is 1. The monoisotopic (exact) mass is 202 g/mol. The molecule has 0 aliphatic carbocycles. The molecule has 15 heavy (non-hydrogen) atoms. The van der Waals surface area contributed by atoms with Gasteiger partial charge in [0, 0.05) is 11.1 Å². The molecule has 0 fully saturated rings. The Bertz CT molecular complexity index is 482. The Kier molecular flexibility index (Phi) is 2.66. The van der Waals surface area contributed by atoms with Crippen LogP contribution < -0.4 is 5.90 Å². The van der Waals surface area contributed by atoms with E-state index in [-0.39, 0.29) is 6.10 Å². The first kappa shape index (κ1) is 10.1. The molecule has 0 spiro atoms. The van der Waals surface area contributed by atoms with Crippen LogP contribution in [0.25, 0.3) is 10.9 Å². The van der Waals surface area contributed by atoms with E-state index in [1.54, 1.807) is 0 Å². The molecule has 0 saturated carbocycles. The molecular weight excluding hydrogens is 188 g/mol. The maximum absolute atomic E-state index is 5.16. The smallest absolute Gasteiger partial charge is 0.101 e. The van der Waals surface area contributed by atoms with Crippen molar-refractivity contribution in [2.24, 2.45) is 5.90 Å². The number of hydrogen-bond donors (Lipinski definition) is 1. The topological polar surface area (TPSA) is 48.1 Å². The van der Waals surface area contributed by atoms with Crippen molar-refractivity contribution < 1.29 is 4.84 Å². The second-order valence-electron chi connectivity index (χ2n) is 3.68. The molecule has 0 aliphatic heterocycles. The van der Waals surface area contributed by atoms with Gasteiger partial charge in [-0.25, -0.2) is 5.90 Å². The van der Waals surface area contributed by atoms with E-state index in [0.717, 1.165) is 22.2 Å². The zero-order valence-electron chi connectivity index (χ0n) is 8.90. The van der Waals surface area contributed by atoms with E-state index in [9.17, 15) is 0 Å². The molecule has 1 atom stereocenters. The summed E-state index contributed by atoms with van der Waals surface area (Å²) in [5.41, 5.74) is 3.09. The number of nitrogens with zero attached hydrogens (tertiary/aromatic N) is 1. The lowest BCUT2D eigenvalue weighted by molar-refractivity contribution is 0.0665. The van der Waals surface area contributed by atoms with Crippen LogP contribution in [-0.4, -0.2) is 4.98 Å². The highest BCUT2D eigenvalue weighted by atomic mass is 16.6. The first-order valence-electron chi connectivity index (χ1n) is 4.93. The fourth-order valence-electron chi connectivity index (χ4n) is 1.58. The minimum atomic E-state index is -0.0873. The van der Waals surface area contributed by atoms with Crippen LogP contribution in [0.5, 0.6) is 0 Å². The molecule has 0 amide bonds. The Morgan fingerprint density at radius 3 is 2.80 bits per heavy atom. The van der Waals surface area contributed by atoms with Crippen molar-refractivity contribution in [3.63, 3.8) is 0 Å². The van der Waals surface area contributed by atoms with Crippen LogP contribution in [0.1, 0.15) is 24.3 Å². The summed E-state index contributed by atoms with van der Waals surface area (Å²) in [6, 6.07) is 10.1. The van der Waals surface area contributed by atoms with Gasteiger partial charge in [-0.3, -0.25) is 9.82 Å². The summed E-state index contributed by atoms with van der Waals surface area (Å²) in [5.74, 6) is 5.16. The van der Waals surface area contributed by atoms with E-state index in [1.807, 2.05) is 32.0 Å². The molecule has 3 heteroatoms. The van der Waals surface area contributed by atoms with E-state index >= 15 is 0 Å². The third kappa shape index (κ3) is 1.98. The summed E-state index contributed by atoms with van der Waals surface area (Å²) < 4.78 is 0. The lowest BCUT2D eigenvalue weighted by Gasteiger charge is -2.09. The second-order valence-corrected chi connectivity index (χ2v) is 3.68. The van der Waals surface area contributed by atoms with Crippen molar-refractivity contribution in [3.8, 4) is 0 Å². The van der Waals surface area contributed by atoms with Crippen LogP contribution >= 0.6 is 0 Å². The highest BCUT2D eigenvalue weighted by Crippen LogP contribution is 2.20. The fraction of sp³-hybridized carbons (Fsp3) is 0.250. The Morgan fingerprint density at radius 1 is 1.27 bits per heavy atom. The number of hydrogen-bond acceptors (Lipinski definition) is 3. The fourth-order valence-corrected chi connectivity index (χ4v) is 1.58. The number of fused-ring (bicyclic) bond motifs is 1. The minimum Gasteiger partial charge on any atom is -0.297 e. The Morgan fingerprint density at radius 2 is 2.07 bits per heavy atom. The van der Waals surface area contributed by atoms with Gasteiger partial charge >= 0.3 is 0 Å². The number of benzene rings is 1. The third-order valence-electron chi connectivity index (χ3n) is 2.53. The molecule has 0 radical (unpaired) electrons. The molecule has 1 aromatic heterocycles. The second kappa shape index (κ2) is 3.96. The van der Waals surface area contributed by atoms with Crippen molar-refractivity contribution in [2.75, 3.05) is 0 Å². The maximum Gasteiger partial charge on any atom is 0.101 e. The lowest BCUT2D eigenvalue weighted by Crippen LogP contribution is -2.05. The molecule has 0 bridgehead atoms. The average molecular weight is 202 g/mol. The van der Waals surface area contributed by atoms with E-state index < -0.39 is 0 Å². The van der Waals surface area contributed by atoms with Gasteiger partial charge in [0.05, 0.1) is 5.52 Å². The van der Waals surface area contributed by atoms with Gasteiger partial charge in [-0.05, 0) is 37.6 Å². The highest BCUT2D eigenvalue weighted by molar-refractivity contribution is 5.79. The lowest BCUT2D eigenvalue weighted by atomic mass is 10.1. The number of pyridine rings is 1. The van der Waals surface area contributed by atoms with Crippen LogP contribution in [0.4, 0.5) is 0 Å². The van der Waals surface area contributed by atoms with Crippen LogP contribution in [0.2, 0.25) is 0 Å². The number of rotatable bonds is 2. The first-order chi connectivity index (χ1) is 7.20. The van der Waals surface area contributed by atoms with Crippen LogP contribution in [0.15, 0.2) is 30.3 Å². The van der Waals surface area contributed by atoms with Gasteiger partial charge in [0.1, 0.15) is 6.10 Å². The molecule has 2 aromatic rings. The maximum atomic E-state index is 5.16. The quantitative estimate of drug-likeness (QED) is 0.761. The van der Waals surface area contributed by atoms with Crippen molar-refractivity contribution in [1.82, 2.24) is 4.98 Å². The SMILES string of the molecule is Cc1ccc2cc(C(C)ON)ccc2n1. The van der Waals surface area contributed by atoms with E-state index in [4.69, 9.17) is 10.7 Å². The van der Waals surface area contributed by atoms with Crippen molar-refractivity contribution in [1.29, 1.82) is 0 Å². The summed E-state index contributed by atoms with van der Waals surface area (Å²) in [6.07, 6.45) is -0.0873. The molecule has 0 aliphatic rings. The van der Waals surface area contributed by atoms with Gasteiger partial charge in [0.15, 0.2) is 0 Å².